The zero-order valence-corrected chi connectivity index (χ0v) is 14.1. The minimum atomic E-state index is -0.457. The molecule has 1 saturated heterocycles. The van der Waals surface area contributed by atoms with Crippen LogP contribution in [0.3, 0.4) is 0 Å². The molecule has 0 radical (unpaired) electrons. The molecule has 0 N–H and O–H groups in total. The van der Waals surface area contributed by atoms with E-state index in [2.05, 4.69) is 9.88 Å². The van der Waals surface area contributed by atoms with E-state index in [0.29, 0.717) is 25.5 Å². The number of hydrogen-bond donors (Lipinski definition) is 0. The van der Waals surface area contributed by atoms with Crippen molar-refractivity contribution in [1.29, 1.82) is 0 Å². The first-order valence-electron chi connectivity index (χ1n) is 8.26. The predicted octanol–water partition coefficient (Wildman–Crippen LogP) is 2.65. The number of hydrogen-bond acceptors (Lipinski definition) is 5. The lowest BCUT2D eigenvalue weighted by Gasteiger charge is -2.23. The molecule has 2 heterocycles. The Kier molecular flexibility index (Phi) is 4.92. The first kappa shape index (κ1) is 16.9. The summed E-state index contributed by atoms with van der Waals surface area (Å²) in [5.41, 5.74) is 1.70. The molecule has 7 heteroatoms. The van der Waals surface area contributed by atoms with Crippen LogP contribution in [0.15, 0.2) is 42.6 Å². The van der Waals surface area contributed by atoms with Crippen LogP contribution in [0.5, 0.6) is 0 Å². The number of nitro groups is 1. The molecule has 25 heavy (non-hydrogen) atoms. The third-order valence-electron chi connectivity index (χ3n) is 4.43. The molecule has 1 amide bonds. The minimum absolute atomic E-state index is 0.0186. The largest absolute Gasteiger partial charge is 0.355 e. The van der Waals surface area contributed by atoms with Gasteiger partial charge in [0, 0.05) is 37.8 Å². The van der Waals surface area contributed by atoms with Crippen molar-refractivity contribution in [2.75, 3.05) is 31.1 Å². The van der Waals surface area contributed by atoms with Crippen molar-refractivity contribution < 1.29 is 9.72 Å². The molecular formula is C18H20N4O3. The fraction of sp³-hybridized carbons (Fsp3) is 0.333. The molecule has 0 aliphatic carbocycles. The summed E-state index contributed by atoms with van der Waals surface area (Å²) in [6, 6.07) is 10.7. The van der Waals surface area contributed by atoms with Crippen LogP contribution in [0, 0.1) is 17.0 Å². The lowest BCUT2D eigenvalue weighted by Crippen LogP contribution is -2.35. The highest BCUT2D eigenvalue weighted by molar-refractivity contribution is 5.95. The normalized spacial score (nSPS) is 14.9. The second-order valence-electron chi connectivity index (χ2n) is 6.08. The van der Waals surface area contributed by atoms with Crippen molar-refractivity contribution in [1.82, 2.24) is 9.88 Å². The van der Waals surface area contributed by atoms with Crippen LogP contribution in [0.25, 0.3) is 0 Å². The first-order valence-corrected chi connectivity index (χ1v) is 8.26. The highest BCUT2D eigenvalue weighted by atomic mass is 16.6. The molecule has 1 fully saturated rings. The number of aromatic nitrogens is 1. The first-order chi connectivity index (χ1) is 12.1. The minimum Gasteiger partial charge on any atom is -0.355 e. The molecule has 3 rings (SSSR count). The molecule has 0 unspecified atom stereocenters. The second kappa shape index (κ2) is 7.29. The van der Waals surface area contributed by atoms with Gasteiger partial charge >= 0.3 is 0 Å². The van der Waals surface area contributed by atoms with Gasteiger partial charge in [-0.3, -0.25) is 14.9 Å². The summed E-state index contributed by atoms with van der Waals surface area (Å²) in [7, 11) is 0. The summed E-state index contributed by atoms with van der Waals surface area (Å²) < 4.78 is 0. The van der Waals surface area contributed by atoms with Crippen molar-refractivity contribution in [2.24, 2.45) is 0 Å². The monoisotopic (exact) mass is 340 g/mol. The Hall–Kier alpha value is -2.96. The Morgan fingerprint density at radius 3 is 2.60 bits per heavy atom. The molecular weight excluding hydrogens is 320 g/mol. The number of benzene rings is 1. The number of carbonyl (C=O) groups excluding carboxylic acids is 1. The van der Waals surface area contributed by atoms with Crippen LogP contribution >= 0.6 is 0 Å². The Balaban J connectivity index is 1.69. The average molecular weight is 340 g/mol. The molecule has 0 spiro atoms. The number of anilines is 1. The van der Waals surface area contributed by atoms with Gasteiger partial charge < -0.3 is 9.80 Å². The fourth-order valence-electron chi connectivity index (χ4n) is 3.01. The van der Waals surface area contributed by atoms with Gasteiger partial charge in [-0.1, -0.05) is 18.2 Å². The van der Waals surface area contributed by atoms with E-state index in [1.165, 1.54) is 12.3 Å². The van der Waals surface area contributed by atoms with Gasteiger partial charge in [0.25, 0.3) is 11.6 Å². The molecule has 1 aromatic carbocycles. The van der Waals surface area contributed by atoms with Gasteiger partial charge in [-0.2, -0.15) is 0 Å². The number of pyridine rings is 1. The molecule has 7 nitrogen and oxygen atoms in total. The van der Waals surface area contributed by atoms with E-state index in [1.807, 2.05) is 36.1 Å². The zero-order valence-electron chi connectivity index (χ0n) is 14.1. The Morgan fingerprint density at radius 1 is 1.12 bits per heavy atom. The summed E-state index contributed by atoms with van der Waals surface area (Å²) in [5, 5.41) is 10.7. The van der Waals surface area contributed by atoms with Gasteiger partial charge in [-0.25, -0.2) is 4.98 Å². The van der Waals surface area contributed by atoms with E-state index >= 15 is 0 Å². The summed E-state index contributed by atoms with van der Waals surface area (Å²) in [5.74, 6) is 0.757. The van der Waals surface area contributed by atoms with Crippen molar-refractivity contribution >= 4 is 17.4 Å². The predicted molar refractivity (Wildman–Crippen MR) is 94.8 cm³/mol. The highest BCUT2D eigenvalue weighted by Crippen LogP contribution is 2.19. The van der Waals surface area contributed by atoms with Crippen LogP contribution in [0.2, 0.25) is 0 Å². The maximum Gasteiger partial charge on any atom is 0.287 e. The van der Waals surface area contributed by atoms with E-state index in [-0.39, 0.29) is 11.6 Å². The maximum absolute atomic E-state index is 12.8. The molecule has 0 atom stereocenters. The van der Waals surface area contributed by atoms with Crippen molar-refractivity contribution in [3.05, 3.63) is 63.8 Å². The number of rotatable bonds is 3. The van der Waals surface area contributed by atoms with E-state index < -0.39 is 4.92 Å². The molecule has 1 aliphatic heterocycles. The van der Waals surface area contributed by atoms with Crippen LogP contribution in [0.4, 0.5) is 11.5 Å². The smallest absolute Gasteiger partial charge is 0.287 e. The van der Waals surface area contributed by atoms with Gasteiger partial charge in [-0.05, 0) is 31.0 Å². The SMILES string of the molecule is Cc1ccccc1C(=O)N1CCCN(c2ccc([N+](=O)[O-])cn2)CC1. The molecule has 2 aromatic rings. The third kappa shape index (κ3) is 3.76. The van der Waals surface area contributed by atoms with Gasteiger partial charge in [0.05, 0.1) is 4.92 Å². The quantitative estimate of drug-likeness (QED) is 0.634. The maximum atomic E-state index is 12.8. The summed E-state index contributed by atoms with van der Waals surface area (Å²) in [6.07, 6.45) is 2.10. The molecule has 130 valence electrons. The van der Waals surface area contributed by atoms with Crippen molar-refractivity contribution in [2.45, 2.75) is 13.3 Å². The highest BCUT2D eigenvalue weighted by Gasteiger charge is 2.22. The van der Waals surface area contributed by atoms with E-state index in [4.69, 9.17) is 0 Å². The number of carbonyl (C=O) groups is 1. The Labute approximate surface area is 146 Å². The third-order valence-corrected chi connectivity index (χ3v) is 4.43. The van der Waals surface area contributed by atoms with Gasteiger partial charge in [0.1, 0.15) is 12.0 Å². The summed E-state index contributed by atoms with van der Waals surface area (Å²) in [6.45, 7) is 4.66. The van der Waals surface area contributed by atoms with E-state index in [9.17, 15) is 14.9 Å². The van der Waals surface area contributed by atoms with E-state index in [0.717, 1.165) is 24.1 Å². The van der Waals surface area contributed by atoms with Crippen molar-refractivity contribution in [3.8, 4) is 0 Å². The van der Waals surface area contributed by atoms with Gasteiger partial charge in [0.2, 0.25) is 0 Å². The Morgan fingerprint density at radius 2 is 1.92 bits per heavy atom. The van der Waals surface area contributed by atoms with Gasteiger partial charge in [-0.15, -0.1) is 0 Å². The molecule has 0 bridgehead atoms. The second-order valence-corrected chi connectivity index (χ2v) is 6.08. The fourth-order valence-corrected chi connectivity index (χ4v) is 3.01. The van der Waals surface area contributed by atoms with Crippen molar-refractivity contribution in [3.63, 3.8) is 0 Å². The number of amides is 1. The number of aryl methyl sites for hydroxylation is 1. The topological polar surface area (TPSA) is 79.6 Å². The lowest BCUT2D eigenvalue weighted by atomic mass is 10.1. The molecule has 1 aliphatic rings. The lowest BCUT2D eigenvalue weighted by molar-refractivity contribution is -0.385. The number of nitrogens with zero attached hydrogens (tertiary/aromatic N) is 4. The average Bonchev–Trinajstić information content (AvgIpc) is 2.88. The molecule has 0 saturated carbocycles. The van der Waals surface area contributed by atoms with Crippen LogP contribution in [-0.4, -0.2) is 46.9 Å². The Bertz CT molecular complexity index is 776. The summed E-state index contributed by atoms with van der Waals surface area (Å²) in [4.78, 5) is 31.1. The van der Waals surface area contributed by atoms with Gasteiger partial charge in [0.15, 0.2) is 0 Å². The zero-order chi connectivity index (χ0) is 17.8. The standard InChI is InChI=1S/C18H20N4O3/c1-14-5-2-3-6-16(14)18(23)21-10-4-9-20(11-12-21)17-8-7-15(13-19-17)22(24)25/h2-3,5-8,13H,4,9-12H2,1H3. The van der Waals surface area contributed by atoms with E-state index in [1.54, 1.807) is 6.07 Å². The molecule has 1 aromatic heterocycles. The summed E-state index contributed by atoms with van der Waals surface area (Å²) >= 11 is 0. The van der Waals surface area contributed by atoms with Crippen LogP contribution in [-0.2, 0) is 0 Å². The van der Waals surface area contributed by atoms with Crippen LogP contribution in [0.1, 0.15) is 22.3 Å². The van der Waals surface area contributed by atoms with Crippen LogP contribution < -0.4 is 4.90 Å².